The zero-order valence-electron chi connectivity index (χ0n) is 13.8. The Labute approximate surface area is 151 Å². The van der Waals surface area contributed by atoms with E-state index >= 15 is 0 Å². The second-order valence-corrected chi connectivity index (χ2v) is 6.40. The maximum atomic E-state index is 12.9. The van der Waals surface area contributed by atoms with Crippen molar-refractivity contribution in [3.8, 4) is 0 Å². The van der Waals surface area contributed by atoms with Gasteiger partial charge in [-0.3, -0.25) is 0 Å². The van der Waals surface area contributed by atoms with Crippen molar-refractivity contribution in [3.63, 3.8) is 0 Å². The summed E-state index contributed by atoms with van der Waals surface area (Å²) >= 11 is 3.17. The van der Waals surface area contributed by atoms with Crippen LogP contribution in [0.2, 0.25) is 0 Å². The van der Waals surface area contributed by atoms with Crippen molar-refractivity contribution in [1.82, 2.24) is 4.90 Å². The second-order valence-electron chi connectivity index (χ2n) is 5.62. The van der Waals surface area contributed by atoms with Gasteiger partial charge in [-0.1, -0.05) is 0 Å². The fourth-order valence-corrected chi connectivity index (χ4v) is 2.50. The number of furan rings is 1. The quantitative estimate of drug-likeness (QED) is 0.774. The Balaban J connectivity index is 2.20. The summed E-state index contributed by atoms with van der Waals surface area (Å²) in [5.74, 6) is 0.543. The number of anilines is 2. The van der Waals surface area contributed by atoms with E-state index in [0.29, 0.717) is 16.1 Å². The molecule has 0 bridgehead atoms. The predicted octanol–water partition coefficient (Wildman–Crippen LogP) is 4.79. The Bertz CT molecular complexity index is 759. The molecule has 2 aromatic rings. The van der Waals surface area contributed by atoms with Gasteiger partial charge in [-0.15, -0.1) is 0 Å². The summed E-state index contributed by atoms with van der Waals surface area (Å²) in [4.78, 5) is 15.3. The SMILES string of the molecule is CN(Cc1ccc(Br)o1)C(=O)Nc1cc(C(F)(F)F)ccc1N(C)C. The van der Waals surface area contributed by atoms with Gasteiger partial charge in [0.15, 0.2) is 4.67 Å². The lowest BCUT2D eigenvalue weighted by atomic mass is 10.1. The average Bonchev–Trinajstić information content (AvgIpc) is 2.91. The molecule has 0 aliphatic heterocycles. The van der Waals surface area contributed by atoms with Gasteiger partial charge >= 0.3 is 12.2 Å². The van der Waals surface area contributed by atoms with Gasteiger partial charge in [-0.25, -0.2) is 4.79 Å². The number of halogens is 4. The number of nitrogens with one attached hydrogen (secondary N) is 1. The third kappa shape index (κ3) is 4.91. The van der Waals surface area contributed by atoms with Crippen LogP contribution in [0, 0.1) is 0 Å². The maximum absolute atomic E-state index is 12.9. The fourth-order valence-electron chi connectivity index (χ4n) is 2.16. The number of benzene rings is 1. The molecular formula is C16H17BrF3N3O2. The number of carbonyl (C=O) groups is 1. The number of amides is 2. The Morgan fingerprint density at radius 2 is 1.88 bits per heavy atom. The predicted molar refractivity (Wildman–Crippen MR) is 92.7 cm³/mol. The molecule has 1 heterocycles. The Kier molecular flexibility index (Phi) is 5.66. The van der Waals surface area contributed by atoms with E-state index in [9.17, 15) is 18.0 Å². The van der Waals surface area contributed by atoms with Crippen LogP contribution in [-0.4, -0.2) is 32.1 Å². The number of alkyl halides is 3. The number of hydrogen-bond acceptors (Lipinski definition) is 3. The molecule has 0 aliphatic carbocycles. The van der Waals surface area contributed by atoms with Crippen LogP contribution in [0.15, 0.2) is 39.4 Å². The van der Waals surface area contributed by atoms with Crippen molar-refractivity contribution in [2.75, 3.05) is 31.4 Å². The summed E-state index contributed by atoms with van der Waals surface area (Å²) in [6, 6.07) is 6.07. The summed E-state index contributed by atoms with van der Waals surface area (Å²) in [7, 11) is 4.89. The van der Waals surface area contributed by atoms with E-state index < -0.39 is 17.8 Å². The minimum Gasteiger partial charge on any atom is -0.452 e. The first-order chi connectivity index (χ1) is 11.6. The van der Waals surface area contributed by atoms with Gasteiger partial charge in [0.1, 0.15) is 5.76 Å². The molecule has 0 unspecified atom stereocenters. The van der Waals surface area contributed by atoms with Gasteiger partial charge < -0.3 is 19.5 Å². The minimum absolute atomic E-state index is 0.0808. The molecule has 5 nitrogen and oxygen atoms in total. The van der Waals surface area contributed by atoms with Gasteiger partial charge in [-0.05, 0) is 46.3 Å². The first kappa shape index (κ1) is 19.2. The van der Waals surface area contributed by atoms with Crippen LogP contribution in [0.4, 0.5) is 29.3 Å². The first-order valence-corrected chi connectivity index (χ1v) is 8.02. The zero-order chi connectivity index (χ0) is 18.8. The molecule has 0 saturated heterocycles. The van der Waals surface area contributed by atoms with E-state index in [2.05, 4.69) is 21.2 Å². The van der Waals surface area contributed by atoms with E-state index in [0.717, 1.165) is 12.1 Å². The molecule has 0 spiro atoms. The van der Waals surface area contributed by atoms with Crippen molar-refractivity contribution < 1.29 is 22.4 Å². The molecule has 136 valence electrons. The summed E-state index contributed by atoms with van der Waals surface area (Å²) in [5, 5.41) is 2.52. The molecule has 1 N–H and O–H groups in total. The van der Waals surface area contributed by atoms with Crippen LogP contribution in [0.3, 0.4) is 0 Å². The molecule has 0 saturated carbocycles. The van der Waals surface area contributed by atoms with Crippen LogP contribution in [0.25, 0.3) is 0 Å². The van der Waals surface area contributed by atoms with Crippen molar-refractivity contribution in [2.24, 2.45) is 0 Å². The van der Waals surface area contributed by atoms with E-state index in [1.807, 2.05) is 0 Å². The van der Waals surface area contributed by atoms with Gasteiger partial charge in [0.25, 0.3) is 0 Å². The number of hydrogen-bond donors (Lipinski definition) is 1. The summed E-state index contributed by atoms with van der Waals surface area (Å²) in [6.07, 6.45) is -4.49. The first-order valence-electron chi connectivity index (χ1n) is 7.23. The Morgan fingerprint density at radius 1 is 1.20 bits per heavy atom. The van der Waals surface area contributed by atoms with Crippen LogP contribution in [0.1, 0.15) is 11.3 Å². The van der Waals surface area contributed by atoms with Gasteiger partial charge in [0, 0.05) is 21.1 Å². The lowest BCUT2D eigenvalue weighted by Gasteiger charge is -2.22. The highest BCUT2D eigenvalue weighted by atomic mass is 79.9. The van der Waals surface area contributed by atoms with E-state index in [1.165, 1.54) is 18.0 Å². The summed E-state index contributed by atoms with van der Waals surface area (Å²) in [5.41, 5.74) is -0.279. The van der Waals surface area contributed by atoms with Crippen LogP contribution >= 0.6 is 15.9 Å². The summed E-state index contributed by atoms with van der Waals surface area (Å²) < 4.78 is 44.6. The molecule has 2 amide bonds. The average molecular weight is 420 g/mol. The van der Waals surface area contributed by atoms with Gasteiger partial charge in [0.05, 0.1) is 23.5 Å². The number of carbonyl (C=O) groups excluding carboxylic acids is 1. The van der Waals surface area contributed by atoms with Crippen molar-refractivity contribution in [3.05, 3.63) is 46.3 Å². The van der Waals surface area contributed by atoms with Crippen molar-refractivity contribution in [2.45, 2.75) is 12.7 Å². The molecule has 0 aliphatic rings. The van der Waals surface area contributed by atoms with E-state index in [-0.39, 0.29) is 12.2 Å². The maximum Gasteiger partial charge on any atom is 0.416 e. The highest BCUT2D eigenvalue weighted by molar-refractivity contribution is 9.10. The molecule has 2 rings (SSSR count). The third-order valence-electron chi connectivity index (χ3n) is 3.42. The molecule has 9 heteroatoms. The van der Waals surface area contributed by atoms with E-state index in [1.54, 1.807) is 31.1 Å². The van der Waals surface area contributed by atoms with Crippen LogP contribution < -0.4 is 10.2 Å². The van der Waals surface area contributed by atoms with Crippen molar-refractivity contribution in [1.29, 1.82) is 0 Å². The normalized spacial score (nSPS) is 11.3. The molecule has 25 heavy (non-hydrogen) atoms. The van der Waals surface area contributed by atoms with Crippen LogP contribution in [0.5, 0.6) is 0 Å². The molecule has 0 radical (unpaired) electrons. The van der Waals surface area contributed by atoms with Crippen molar-refractivity contribution >= 4 is 33.3 Å². The minimum atomic E-state index is -4.49. The Hall–Kier alpha value is -2.16. The number of urea groups is 1. The molecule has 1 aromatic heterocycles. The molecule has 0 atom stereocenters. The number of nitrogens with zero attached hydrogens (tertiary/aromatic N) is 2. The standard InChI is InChI=1S/C16H17BrF3N3O2/c1-22(2)13-6-4-10(16(18,19)20)8-12(13)21-15(24)23(3)9-11-5-7-14(17)25-11/h4-8H,9H2,1-3H3,(H,21,24). The monoisotopic (exact) mass is 419 g/mol. The molecular weight excluding hydrogens is 403 g/mol. The molecule has 0 fully saturated rings. The van der Waals surface area contributed by atoms with Gasteiger partial charge in [0.2, 0.25) is 0 Å². The fraction of sp³-hybridized carbons (Fsp3) is 0.312. The lowest BCUT2D eigenvalue weighted by Crippen LogP contribution is -2.31. The van der Waals surface area contributed by atoms with Crippen LogP contribution in [-0.2, 0) is 12.7 Å². The zero-order valence-corrected chi connectivity index (χ0v) is 15.4. The highest BCUT2D eigenvalue weighted by Gasteiger charge is 2.31. The lowest BCUT2D eigenvalue weighted by molar-refractivity contribution is -0.137. The third-order valence-corrected chi connectivity index (χ3v) is 3.84. The van der Waals surface area contributed by atoms with Gasteiger partial charge in [-0.2, -0.15) is 13.2 Å². The largest absolute Gasteiger partial charge is 0.452 e. The summed E-state index contributed by atoms with van der Waals surface area (Å²) in [6.45, 7) is 0.174. The second kappa shape index (κ2) is 7.38. The number of rotatable bonds is 4. The smallest absolute Gasteiger partial charge is 0.416 e. The van der Waals surface area contributed by atoms with E-state index in [4.69, 9.17) is 4.42 Å². The molecule has 1 aromatic carbocycles. The Morgan fingerprint density at radius 3 is 2.40 bits per heavy atom. The topological polar surface area (TPSA) is 48.7 Å². The highest BCUT2D eigenvalue weighted by Crippen LogP contribution is 2.35.